The Bertz CT molecular complexity index is 620. The second-order valence-electron chi connectivity index (χ2n) is 5.07. The summed E-state index contributed by atoms with van der Waals surface area (Å²) in [5.74, 6) is 0.839. The maximum absolute atomic E-state index is 11.3. The van der Waals surface area contributed by atoms with Gasteiger partial charge in [0, 0.05) is 38.8 Å². The molecule has 0 saturated carbocycles. The van der Waals surface area contributed by atoms with Crippen LogP contribution in [-0.4, -0.2) is 52.2 Å². The van der Waals surface area contributed by atoms with E-state index in [1.807, 2.05) is 36.2 Å². The van der Waals surface area contributed by atoms with Gasteiger partial charge in [-0.05, 0) is 25.0 Å². The number of nitrogens with one attached hydrogen (secondary N) is 2. The van der Waals surface area contributed by atoms with Crippen molar-refractivity contribution in [3.63, 3.8) is 0 Å². The fourth-order valence-corrected chi connectivity index (χ4v) is 2.82. The molecule has 0 aromatic heterocycles. The van der Waals surface area contributed by atoms with Crippen LogP contribution in [-0.2, 0) is 16.6 Å². The summed E-state index contributed by atoms with van der Waals surface area (Å²) in [6.45, 7) is 3.30. The van der Waals surface area contributed by atoms with E-state index in [9.17, 15) is 8.42 Å². The highest BCUT2D eigenvalue weighted by Gasteiger charge is 2.09. The van der Waals surface area contributed by atoms with Crippen LogP contribution in [0.4, 0.5) is 0 Å². The molecule has 8 heteroatoms. The van der Waals surface area contributed by atoms with E-state index in [1.54, 1.807) is 14.0 Å². The monoisotopic (exact) mass is 360 g/mol. The molecule has 0 heterocycles. The van der Waals surface area contributed by atoms with Crippen LogP contribution in [0, 0.1) is 0 Å². The topological polar surface area (TPSA) is 73.8 Å². The molecule has 0 aliphatic carbocycles. The Hall–Kier alpha value is -1.31. The molecule has 6 nitrogen and oxygen atoms in total. The molecule has 0 bridgehead atoms. The van der Waals surface area contributed by atoms with Crippen LogP contribution in [0.15, 0.2) is 29.3 Å². The highest BCUT2D eigenvalue weighted by molar-refractivity contribution is 7.89. The minimum atomic E-state index is -3.12. The summed E-state index contributed by atoms with van der Waals surface area (Å²) in [6.07, 6.45) is 0.679. The summed E-state index contributed by atoms with van der Waals surface area (Å²) < 4.78 is 25.2. The lowest BCUT2D eigenvalue weighted by molar-refractivity contribution is 0.475. The molecule has 0 radical (unpaired) electrons. The Labute approximate surface area is 144 Å². The van der Waals surface area contributed by atoms with E-state index in [2.05, 4.69) is 15.0 Å². The molecule has 0 aliphatic heterocycles. The molecule has 0 aliphatic rings. The van der Waals surface area contributed by atoms with Crippen molar-refractivity contribution in [1.82, 2.24) is 14.9 Å². The van der Waals surface area contributed by atoms with Gasteiger partial charge in [0.15, 0.2) is 5.96 Å². The minimum absolute atomic E-state index is 0.0999. The van der Waals surface area contributed by atoms with Crippen molar-refractivity contribution >= 4 is 27.6 Å². The second-order valence-corrected chi connectivity index (χ2v) is 7.58. The lowest BCUT2D eigenvalue weighted by Crippen LogP contribution is -2.39. The number of hydrogen-bond acceptors (Lipinski definition) is 3. The van der Waals surface area contributed by atoms with E-state index in [4.69, 9.17) is 11.6 Å². The summed E-state index contributed by atoms with van der Waals surface area (Å²) >= 11 is 6.17. The molecule has 1 aromatic carbocycles. The molecular weight excluding hydrogens is 336 g/mol. The molecule has 23 heavy (non-hydrogen) atoms. The van der Waals surface area contributed by atoms with Gasteiger partial charge in [0.2, 0.25) is 10.0 Å². The third-order valence-electron chi connectivity index (χ3n) is 3.28. The number of aliphatic imine (C=N–C) groups is 1. The molecule has 0 fully saturated rings. The summed E-state index contributed by atoms with van der Waals surface area (Å²) in [7, 11) is 0.522. The van der Waals surface area contributed by atoms with Gasteiger partial charge in [-0.3, -0.25) is 4.99 Å². The van der Waals surface area contributed by atoms with Crippen LogP contribution in [0.5, 0.6) is 0 Å². The van der Waals surface area contributed by atoms with E-state index in [-0.39, 0.29) is 5.75 Å². The van der Waals surface area contributed by atoms with Crippen molar-refractivity contribution in [3.05, 3.63) is 34.9 Å². The summed E-state index contributed by atoms with van der Waals surface area (Å²) in [5, 5.41) is 3.94. The highest BCUT2D eigenvalue weighted by atomic mass is 35.5. The number of sulfonamides is 1. The van der Waals surface area contributed by atoms with E-state index in [1.165, 1.54) is 0 Å². The molecule has 130 valence electrons. The lowest BCUT2D eigenvalue weighted by atomic mass is 10.2. The first-order valence-electron chi connectivity index (χ1n) is 7.52. The van der Waals surface area contributed by atoms with Crippen LogP contribution in [0.2, 0.25) is 5.02 Å². The molecule has 0 atom stereocenters. The molecule has 0 unspecified atom stereocenters. The lowest BCUT2D eigenvalue weighted by Gasteiger charge is -2.22. The third kappa shape index (κ3) is 7.20. The first-order chi connectivity index (χ1) is 10.9. The van der Waals surface area contributed by atoms with Gasteiger partial charge in [-0.1, -0.05) is 29.8 Å². The van der Waals surface area contributed by atoms with Crippen LogP contribution in [0.3, 0.4) is 0 Å². The zero-order chi connectivity index (χ0) is 17.3. The maximum Gasteiger partial charge on any atom is 0.211 e. The molecule has 0 saturated heterocycles. The SMILES string of the molecule is CCS(=O)(=O)NCCCNC(=NC)N(C)Cc1ccccc1Cl. The largest absolute Gasteiger partial charge is 0.356 e. The van der Waals surface area contributed by atoms with Gasteiger partial charge in [-0.2, -0.15) is 0 Å². The Balaban J connectivity index is 2.41. The average molecular weight is 361 g/mol. The third-order valence-corrected chi connectivity index (χ3v) is 5.05. The zero-order valence-electron chi connectivity index (χ0n) is 13.8. The Kier molecular flexibility index (Phi) is 8.36. The maximum atomic E-state index is 11.3. The standard InChI is InChI=1S/C15H25ClN4O2S/c1-4-23(21,22)19-11-7-10-18-15(17-2)20(3)12-13-8-5-6-9-14(13)16/h5-6,8-9,19H,4,7,10-12H2,1-3H3,(H,17,18). The molecule has 0 spiro atoms. The van der Waals surface area contributed by atoms with Crippen LogP contribution in [0.25, 0.3) is 0 Å². The van der Waals surface area contributed by atoms with E-state index in [0.29, 0.717) is 26.1 Å². The summed E-state index contributed by atoms with van der Waals surface area (Å²) in [4.78, 5) is 6.20. The Morgan fingerprint density at radius 2 is 2.00 bits per heavy atom. The van der Waals surface area contributed by atoms with Crippen LogP contribution < -0.4 is 10.0 Å². The molecule has 1 aromatic rings. The zero-order valence-corrected chi connectivity index (χ0v) is 15.4. The van der Waals surface area contributed by atoms with Crippen molar-refractivity contribution in [2.24, 2.45) is 4.99 Å². The number of halogens is 1. The van der Waals surface area contributed by atoms with Gasteiger partial charge in [-0.15, -0.1) is 0 Å². The van der Waals surface area contributed by atoms with Crippen LogP contribution in [0.1, 0.15) is 18.9 Å². The van der Waals surface area contributed by atoms with E-state index in [0.717, 1.165) is 16.5 Å². The van der Waals surface area contributed by atoms with Gasteiger partial charge in [0.1, 0.15) is 0 Å². The van der Waals surface area contributed by atoms with Gasteiger partial charge >= 0.3 is 0 Å². The molecule has 2 N–H and O–H groups in total. The molecule has 0 amide bonds. The number of hydrogen-bond donors (Lipinski definition) is 2. The number of guanidine groups is 1. The number of benzene rings is 1. The number of rotatable bonds is 8. The van der Waals surface area contributed by atoms with E-state index >= 15 is 0 Å². The van der Waals surface area contributed by atoms with Crippen molar-refractivity contribution < 1.29 is 8.42 Å². The summed E-state index contributed by atoms with van der Waals surface area (Å²) in [5.41, 5.74) is 1.02. The van der Waals surface area contributed by atoms with E-state index < -0.39 is 10.0 Å². The number of nitrogens with zero attached hydrogens (tertiary/aromatic N) is 2. The molecular formula is C15H25ClN4O2S. The second kappa shape index (κ2) is 9.75. The Morgan fingerprint density at radius 1 is 1.30 bits per heavy atom. The smallest absolute Gasteiger partial charge is 0.211 e. The van der Waals surface area contributed by atoms with Gasteiger partial charge in [0.25, 0.3) is 0 Å². The highest BCUT2D eigenvalue weighted by Crippen LogP contribution is 2.16. The van der Waals surface area contributed by atoms with Crippen LogP contribution >= 0.6 is 11.6 Å². The predicted molar refractivity (Wildman–Crippen MR) is 96.4 cm³/mol. The Morgan fingerprint density at radius 3 is 2.61 bits per heavy atom. The first-order valence-corrected chi connectivity index (χ1v) is 9.55. The van der Waals surface area contributed by atoms with Crippen molar-refractivity contribution in [3.8, 4) is 0 Å². The van der Waals surface area contributed by atoms with Gasteiger partial charge < -0.3 is 10.2 Å². The molecule has 1 rings (SSSR count). The van der Waals surface area contributed by atoms with Gasteiger partial charge in [0.05, 0.1) is 5.75 Å². The summed E-state index contributed by atoms with van der Waals surface area (Å²) in [6, 6.07) is 7.69. The quantitative estimate of drug-likeness (QED) is 0.420. The van der Waals surface area contributed by atoms with Crippen molar-refractivity contribution in [1.29, 1.82) is 0 Å². The fourth-order valence-electron chi connectivity index (χ4n) is 1.96. The minimum Gasteiger partial charge on any atom is -0.356 e. The van der Waals surface area contributed by atoms with Crippen molar-refractivity contribution in [2.45, 2.75) is 19.9 Å². The average Bonchev–Trinajstić information content (AvgIpc) is 2.53. The van der Waals surface area contributed by atoms with Gasteiger partial charge in [-0.25, -0.2) is 13.1 Å². The predicted octanol–water partition coefficient (Wildman–Crippen LogP) is 1.68. The fraction of sp³-hybridized carbons (Fsp3) is 0.533. The normalized spacial score (nSPS) is 12.3. The van der Waals surface area contributed by atoms with Crippen molar-refractivity contribution in [2.75, 3.05) is 32.9 Å². The first kappa shape index (κ1) is 19.7.